The average molecular weight is 388 g/mol. The minimum absolute atomic E-state index is 0.251. The molecule has 0 aliphatic heterocycles. The molecule has 1 amide bonds. The predicted octanol–water partition coefficient (Wildman–Crippen LogP) is 2.66. The quantitative estimate of drug-likeness (QED) is 0.875. The Hall–Kier alpha value is -1.54. The molecule has 8 heteroatoms. The smallest absolute Gasteiger partial charge is 0.262 e. The van der Waals surface area contributed by atoms with E-state index in [-0.39, 0.29) is 11.8 Å². The minimum Gasteiger partial charge on any atom is -0.480 e. The lowest BCUT2D eigenvalue weighted by atomic mass is 10.2. The lowest BCUT2D eigenvalue weighted by Crippen LogP contribution is -2.15. The van der Waals surface area contributed by atoms with Crippen LogP contribution in [-0.2, 0) is 0 Å². The van der Waals surface area contributed by atoms with E-state index in [0.717, 1.165) is 0 Å². The SMILES string of the molecule is COc1ncccc1C(=O)Nc1ncc(Br)nc1Br. The number of hydrogen-bond donors (Lipinski definition) is 1. The van der Waals surface area contributed by atoms with Crippen LogP contribution < -0.4 is 10.1 Å². The number of pyridine rings is 1. The Bertz CT molecular complexity index is 621. The Kier molecular flexibility index (Phi) is 4.43. The van der Waals surface area contributed by atoms with Gasteiger partial charge in [0.1, 0.15) is 14.8 Å². The lowest BCUT2D eigenvalue weighted by Gasteiger charge is -2.08. The Morgan fingerprint density at radius 2 is 2.16 bits per heavy atom. The predicted molar refractivity (Wildman–Crippen MR) is 76.2 cm³/mol. The normalized spacial score (nSPS) is 10.1. The third kappa shape index (κ3) is 3.27. The maximum atomic E-state index is 12.1. The van der Waals surface area contributed by atoms with Crippen LogP contribution in [0.25, 0.3) is 0 Å². The second-order valence-electron chi connectivity index (χ2n) is 3.35. The van der Waals surface area contributed by atoms with Gasteiger partial charge in [0.05, 0.1) is 13.3 Å². The number of methoxy groups -OCH3 is 1. The first-order valence-corrected chi connectivity index (χ1v) is 6.69. The summed E-state index contributed by atoms with van der Waals surface area (Å²) < 4.78 is 6.02. The van der Waals surface area contributed by atoms with E-state index in [1.54, 1.807) is 18.3 Å². The molecule has 19 heavy (non-hydrogen) atoms. The number of halogens is 2. The molecule has 0 bridgehead atoms. The van der Waals surface area contributed by atoms with Crippen molar-refractivity contribution < 1.29 is 9.53 Å². The van der Waals surface area contributed by atoms with Crippen molar-refractivity contribution >= 4 is 43.6 Å². The highest BCUT2D eigenvalue weighted by Gasteiger charge is 2.15. The summed E-state index contributed by atoms with van der Waals surface area (Å²) in [6, 6.07) is 3.26. The van der Waals surface area contributed by atoms with Crippen LogP contribution in [0.2, 0.25) is 0 Å². The van der Waals surface area contributed by atoms with Crippen molar-refractivity contribution in [2.75, 3.05) is 12.4 Å². The van der Waals surface area contributed by atoms with Crippen LogP contribution >= 0.6 is 31.9 Å². The van der Waals surface area contributed by atoms with Crippen molar-refractivity contribution in [3.05, 3.63) is 39.3 Å². The Morgan fingerprint density at radius 1 is 1.37 bits per heavy atom. The van der Waals surface area contributed by atoms with Gasteiger partial charge in [-0.1, -0.05) is 0 Å². The number of carbonyl (C=O) groups is 1. The molecule has 0 unspecified atom stereocenters. The second-order valence-corrected chi connectivity index (χ2v) is 4.91. The van der Waals surface area contributed by atoms with Crippen molar-refractivity contribution in [1.29, 1.82) is 0 Å². The maximum absolute atomic E-state index is 12.1. The van der Waals surface area contributed by atoms with Crippen LogP contribution in [0, 0.1) is 0 Å². The standard InChI is InChI=1S/C11H8Br2N4O2/c1-19-11-6(3-2-4-14-11)10(18)17-9-8(13)16-7(12)5-15-9/h2-5H,1H3,(H,15,17,18). The fourth-order valence-electron chi connectivity index (χ4n) is 1.33. The van der Waals surface area contributed by atoms with E-state index in [1.165, 1.54) is 13.3 Å². The van der Waals surface area contributed by atoms with Gasteiger partial charge in [0, 0.05) is 6.20 Å². The van der Waals surface area contributed by atoms with E-state index in [0.29, 0.717) is 20.6 Å². The number of nitrogens with one attached hydrogen (secondary N) is 1. The number of rotatable bonds is 3. The topological polar surface area (TPSA) is 77.0 Å². The van der Waals surface area contributed by atoms with E-state index < -0.39 is 0 Å². The van der Waals surface area contributed by atoms with Gasteiger partial charge in [-0.15, -0.1) is 0 Å². The van der Waals surface area contributed by atoms with E-state index in [1.807, 2.05) is 0 Å². The van der Waals surface area contributed by atoms with E-state index in [2.05, 4.69) is 52.1 Å². The van der Waals surface area contributed by atoms with Gasteiger partial charge in [-0.3, -0.25) is 4.79 Å². The van der Waals surface area contributed by atoms with Gasteiger partial charge in [-0.05, 0) is 44.0 Å². The molecule has 0 aromatic carbocycles. The molecular weight excluding hydrogens is 380 g/mol. The lowest BCUT2D eigenvalue weighted by molar-refractivity contribution is 0.102. The van der Waals surface area contributed by atoms with Crippen LogP contribution in [-0.4, -0.2) is 28.0 Å². The Labute approximate surface area is 125 Å². The zero-order valence-corrected chi connectivity index (χ0v) is 12.9. The van der Waals surface area contributed by atoms with Crippen molar-refractivity contribution in [1.82, 2.24) is 15.0 Å². The summed E-state index contributed by atoms with van der Waals surface area (Å²) in [5.41, 5.74) is 0.321. The van der Waals surface area contributed by atoms with Gasteiger partial charge in [-0.2, -0.15) is 0 Å². The molecule has 0 atom stereocenters. The number of nitrogens with zero attached hydrogens (tertiary/aromatic N) is 3. The highest BCUT2D eigenvalue weighted by atomic mass is 79.9. The fourth-order valence-corrected chi connectivity index (χ4v) is 2.24. The van der Waals surface area contributed by atoms with Crippen molar-refractivity contribution in [2.45, 2.75) is 0 Å². The maximum Gasteiger partial charge on any atom is 0.262 e. The molecule has 2 heterocycles. The second kappa shape index (κ2) is 6.07. The summed E-state index contributed by atoms with van der Waals surface area (Å²) >= 11 is 6.40. The largest absolute Gasteiger partial charge is 0.480 e. The molecule has 2 rings (SSSR count). The molecule has 6 nitrogen and oxygen atoms in total. The molecule has 0 aliphatic carbocycles. The van der Waals surface area contributed by atoms with Crippen LogP contribution in [0.4, 0.5) is 5.82 Å². The van der Waals surface area contributed by atoms with Crippen molar-refractivity contribution in [3.63, 3.8) is 0 Å². The zero-order chi connectivity index (χ0) is 13.8. The number of hydrogen-bond acceptors (Lipinski definition) is 5. The van der Waals surface area contributed by atoms with Gasteiger partial charge in [-0.25, -0.2) is 15.0 Å². The van der Waals surface area contributed by atoms with E-state index in [4.69, 9.17) is 4.74 Å². The van der Waals surface area contributed by atoms with Gasteiger partial charge in [0.15, 0.2) is 5.82 Å². The van der Waals surface area contributed by atoms with Crippen LogP contribution in [0.3, 0.4) is 0 Å². The van der Waals surface area contributed by atoms with Crippen LogP contribution in [0.1, 0.15) is 10.4 Å². The van der Waals surface area contributed by atoms with E-state index >= 15 is 0 Å². The summed E-state index contributed by atoms with van der Waals surface area (Å²) in [5.74, 6) is 0.197. The van der Waals surface area contributed by atoms with Crippen molar-refractivity contribution in [3.8, 4) is 5.88 Å². The number of aromatic nitrogens is 3. The first kappa shape index (κ1) is 13.9. The number of ether oxygens (including phenoxy) is 1. The molecule has 0 fully saturated rings. The summed E-state index contributed by atoms with van der Waals surface area (Å²) in [4.78, 5) is 24.2. The van der Waals surface area contributed by atoms with Gasteiger partial charge in [0.25, 0.3) is 5.91 Å². The average Bonchev–Trinajstić information content (AvgIpc) is 2.41. The highest BCUT2D eigenvalue weighted by molar-refractivity contribution is 9.11. The molecule has 98 valence electrons. The zero-order valence-electron chi connectivity index (χ0n) is 9.72. The molecule has 0 saturated carbocycles. The molecular formula is C11H8Br2N4O2. The summed E-state index contributed by atoms with van der Waals surface area (Å²) in [7, 11) is 1.45. The van der Waals surface area contributed by atoms with Crippen LogP contribution in [0.15, 0.2) is 33.7 Å². The molecule has 0 radical (unpaired) electrons. The first-order valence-electron chi connectivity index (χ1n) is 5.10. The third-order valence-electron chi connectivity index (χ3n) is 2.14. The summed E-state index contributed by atoms with van der Waals surface area (Å²) in [6.45, 7) is 0. The number of amides is 1. The molecule has 0 spiro atoms. The number of anilines is 1. The molecule has 2 aromatic rings. The monoisotopic (exact) mass is 386 g/mol. The van der Waals surface area contributed by atoms with Gasteiger partial charge >= 0.3 is 0 Å². The molecule has 0 saturated heterocycles. The minimum atomic E-state index is -0.373. The molecule has 0 aliphatic rings. The van der Waals surface area contributed by atoms with Gasteiger partial charge < -0.3 is 10.1 Å². The highest BCUT2D eigenvalue weighted by Crippen LogP contribution is 2.21. The third-order valence-corrected chi connectivity index (χ3v) is 3.08. The Morgan fingerprint density at radius 3 is 2.84 bits per heavy atom. The Balaban J connectivity index is 2.26. The summed E-state index contributed by atoms with van der Waals surface area (Å²) in [6.07, 6.45) is 3.03. The van der Waals surface area contributed by atoms with E-state index in [9.17, 15) is 4.79 Å². The van der Waals surface area contributed by atoms with Crippen LogP contribution in [0.5, 0.6) is 5.88 Å². The first-order chi connectivity index (χ1) is 9.11. The van der Waals surface area contributed by atoms with Gasteiger partial charge in [0.2, 0.25) is 5.88 Å². The number of carbonyl (C=O) groups excluding carboxylic acids is 1. The molecule has 1 N–H and O–H groups in total. The van der Waals surface area contributed by atoms with Crippen molar-refractivity contribution in [2.24, 2.45) is 0 Å². The summed E-state index contributed by atoms with van der Waals surface area (Å²) in [5, 5.41) is 2.63. The fraction of sp³-hybridized carbons (Fsp3) is 0.0909. The molecule has 2 aromatic heterocycles.